The van der Waals surface area contributed by atoms with E-state index < -0.39 is 30.4 Å². The molecule has 0 amide bonds. The molecule has 3 N–H and O–H groups in total. The highest BCUT2D eigenvalue weighted by Gasteiger charge is 2.17. The molecule has 214 valence electrons. The van der Waals surface area contributed by atoms with E-state index in [0.717, 1.165) is 5.69 Å². The number of benzene rings is 1. The summed E-state index contributed by atoms with van der Waals surface area (Å²) in [5, 5.41) is 29.9. The van der Waals surface area contributed by atoms with Crippen LogP contribution in [0.25, 0.3) is 5.69 Å². The predicted molar refractivity (Wildman–Crippen MR) is 140 cm³/mol. The maximum Gasteiger partial charge on any atom is 0.338 e. The van der Waals surface area contributed by atoms with Crippen molar-refractivity contribution in [3.05, 3.63) is 86.1 Å². The summed E-state index contributed by atoms with van der Waals surface area (Å²) in [6.07, 6.45) is 2.78. The molecule has 0 radical (unpaired) electrons. The summed E-state index contributed by atoms with van der Waals surface area (Å²) < 4.78 is 33.6. The zero-order valence-electron chi connectivity index (χ0n) is 21.9. The Morgan fingerprint density at radius 2 is 1.28 bits per heavy atom. The lowest BCUT2D eigenvalue weighted by Gasteiger charge is -2.21. The molecule has 0 fully saturated rings. The molecular weight excluding hydrogens is 510 g/mol. The number of rotatable bonds is 21. The average molecular weight is 549 g/mol. The molecule has 0 aliphatic heterocycles. The van der Waals surface area contributed by atoms with Crippen molar-refractivity contribution in [1.82, 2.24) is 0 Å². The maximum atomic E-state index is 12.3. The van der Waals surface area contributed by atoms with E-state index in [-0.39, 0.29) is 52.9 Å². The zero-order chi connectivity index (χ0) is 28.3. The molecule has 0 bridgehead atoms. The van der Waals surface area contributed by atoms with E-state index in [9.17, 15) is 20.1 Å². The van der Waals surface area contributed by atoms with Gasteiger partial charge in [-0.25, -0.2) is 4.79 Å². The molecule has 1 aromatic carbocycles. The van der Waals surface area contributed by atoms with Crippen molar-refractivity contribution in [2.24, 2.45) is 0 Å². The van der Waals surface area contributed by atoms with Crippen molar-refractivity contribution < 1.29 is 53.1 Å². The highest BCUT2D eigenvalue weighted by Crippen LogP contribution is 2.07. The standard InChI is InChI=1S/C28H38NO10/c1-3-34-14-24(30)16-36-20-27(38-18-25(31)15-35-4-2)21-37-17-26(32)19-39-28(33)22-8-10-23(11-9-22)29-12-6-5-7-13-29/h3-13,24-27,30-32H,1-2,14-21H2/q+1. The SMILES string of the molecule is C=COCC(O)COCC(COCC(O)COC(=O)c1ccc(-[n+]2ccccc2)cc1)OCC(O)COC=C. The molecule has 1 heterocycles. The second-order valence-corrected chi connectivity index (χ2v) is 8.42. The topological polar surface area (TPSA) is 137 Å². The molecule has 39 heavy (non-hydrogen) atoms. The van der Waals surface area contributed by atoms with Crippen LogP contribution in [0.1, 0.15) is 10.4 Å². The lowest BCUT2D eigenvalue weighted by molar-refractivity contribution is -0.595. The summed E-state index contributed by atoms with van der Waals surface area (Å²) in [7, 11) is 0. The molecule has 0 aliphatic carbocycles. The monoisotopic (exact) mass is 548 g/mol. The van der Waals surface area contributed by atoms with Gasteiger partial charge in [-0.15, -0.1) is 0 Å². The van der Waals surface area contributed by atoms with Crippen LogP contribution in [-0.2, 0) is 28.4 Å². The fourth-order valence-electron chi connectivity index (χ4n) is 3.16. The molecule has 4 atom stereocenters. The fraction of sp³-hybridized carbons (Fsp3) is 0.429. The maximum absolute atomic E-state index is 12.3. The predicted octanol–water partition coefficient (Wildman–Crippen LogP) is 0.941. The van der Waals surface area contributed by atoms with E-state index in [4.69, 9.17) is 28.4 Å². The Bertz CT molecular complexity index is 957. The average Bonchev–Trinajstić information content (AvgIpc) is 2.96. The number of aliphatic hydroxyl groups excluding tert-OH is 3. The Morgan fingerprint density at radius 3 is 1.85 bits per heavy atom. The minimum Gasteiger partial charge on any atom is -0.499 e. The van der Waals surface area contributed by atoms with Crippen molar-refractivity contribution in [3.8, 4) is 5.69 Å². The van der Waals surface area contributed by atoms with E-state index >= 15 is 0 Å². The lowest BCUT2D eigenvalue weighted by atomic mass is 10.2. The molecule has 0 saturated carbocycles. The molecule has 2 rings (SSSR count). The van der Waals surface area contributed by atoms with E-state index in [1.54, 1.807) is 24.3 Å². The van der Waals surface area contributed by atoms with Gasteiger partial charge in [0.05, 0.1) is 51.1 Å². The van der Waals surface area contributed by atoms with Gasteiger partial charge in [-0.3, -0.25) is 0 Å². The number of carbonyl (C=O) groups is 1. The van der Waals surface area contributed by atoms with Gasteiger partial charge in [-0.2, -0.15) is 4.57 Å². The summed E-state index contributed by atoms with van der Waals surface area (Å²) in [6.45, 7) is 6.44. The third-order valence-corrected chi connectivity index (χ3v) is 5.09. The lowest BCUT2D eigenvalue weighted by Crippen LogP contribution is -2.34. The van der Waals surface area contributed by atoms with Gasteiger partial charge < -0.3 is 43.7 Å². The first-order chi connectivity index (χ1) is 18.9. The van der Waals surface area contributed by atoms with E-state index in [1.807, 2.05) is 35.2 Å². The third-order valence-electron chi connectivity index (χ3n) is 5.09. The van der Waals surface area contributed by atoms with E-state index in [1.165, 1.54) is 12.5 Å². The van der Waals surface area contributed by atoms with Crippen LogP contribution in [0, 0.1) is 0 Å². The Balaban J connectivity index is 1.74. The van der Waals surface area contributed by atoms with Crippen LogP contribution < -0.4 is 4.57 Å². The minimum absolute atomic E-state index is 0.00738. The van der Waals surface area contributed by atoms with Crippen molar-refractivity contribution in [3.63, 3.8) is 0 Å². The van der Waals surface area contributed by atoms with Gasteiger partial charge in [-0.1, -0.05) is 19.2 Å². The molecule has 0 spiro atoms. The summed E-state index contributed by atoms with van der Waals surface area (Å²) >= 11 is 0. The highest BCUT2D eigenvalue weighted by atomic mass is 16.6. The van der Waals surface area contributed by atoms with Gasteiger partial charge in [0.25, 0.3) is 0 Å². The van der Waals surface area contributed by atoms with Crippen LogP contribution in [0.15, 0.2) is 80.5 Å². The van der Waals surface area contributed by atoms with Crippen molar-refractivity contribution in [2.45, 2.75) is 24.4 Å². The van der Waals surface area contributed by atoms with Gasteiger partial charge in [-0.05, 0) is 12.1 Å². The quantitative estimate of drug-likeness (QED) is 0.117. The number of hydrogen-bond donors (Lipinski definition) is 3. The van der Waals surface area contributed by atoms with Gasteiger partial charge in [0.1, 0.15) is 44.2 Å². The number of aromatic nitrogens is 1. The van der Waals surface area contributed by atoms with Crippen LogP contribution in [0.5, 0.6) is 0 Å². The van der Waals surface area contributed by atoms with Gasteiger partial charge >= 0.3 is 5.97 Å². The van der Waals surface area contributed by atoms with Crippen LogP contribution in [0.4, 0.5) is 0 Å². The molecule has 2 aromatic rings. The number of carbonyl (C=O) groups excluding carboxylic acids is 1. The first-order valence-corrected chi connectivity index (χ1v) is 12.4. The van der Waals surface area contributed by atoms with Crippen molar-refractivity contribution in [2.75, 3.05) is 52.9 Å². The summed E-state index contributed by atoms with van der Waals surface area (Å²) in [5.41, 5.74) is 1.25. The summed E-state index contributed by atoms with van der Waals surface area (Å²) in [4.78, 5) is 12.3. The highest BCUT2D eigenvalue weighted by molar-refractivity contribution is 5.89. The molecule has 4 unspecified atom stereocenters. The molecule has 11 nitrogen and oxygen atoms in total. The summed E-state index contributed by atoms with van der Waals surface area (Å²) in [6, 6.07) is 12.6. The minimum atomic E-state index is -1.07. The van der Waals surface area contributed by atoms with Crippen LogP contribution in [-0.4, -0.2) is 98.6 Å². The normalized spacial score (nSPS) is 14.0. The third kappa shape index (κ3) is 13.3. The van der Waals surface area contributed by atoms with Gasteiger partial charge in [0, 0.05) is 24.3 Å². The van der Waals surface area contributed by atoms with Crippen LogP contribution >= 0.6 is 0 Å². The molecule has 11 heteroatoms. The Morgan fingerprint density at radius 1 is 0.744 bits per heavy atom. The molecule has 0 saturated heterocycles. The number of hydrogen-bond acceptors (Lipinski definition) is 10. The number of nitrogens with zero attached hydrogens (tertiary/aromatic N) is 1. The van der Waals surface area contributed by atoms with Crippen LogP contribution in [0.2, 0.25) is 0 Å². The van der Waals surface area contributed by atoms with Crippen LogP contribution in [0.3, 0.4) is 0 Å². The van der Waals surface area contributed by atoms with Gasteiger partial charge in [0.2, 0.25) is 5.69 Å². The smallest absolute Gasteiger partial charge is 0.338 e. The Kier molecular flexibility index (Phi) is 15.4. The van der Waals surface area contributed by atoms with Crippen molar-refractivity contribution >= 4 is 5.97 Å². The number of ether oxygens (including phenoxy) is 6. The molecule has 1 aromatic heterocycles. The second-order valence-electron chi connectivity index (χ2n) is 8.42. The first kappa shape index (κ1) is 31.9. The first-order valence-electron chi connectivity index (χ1n) is 12.4. The van der Waals surface area contributed by atoms with Gasteiger partial charge in [0.15, 0.2) is 12.4 Å². The second kappa shape index (κ2) is 18.9. The molecular formula is C28H38NO10+. The molecule has 0 aliphatic rings. The summed E-state index contributed by atoms with van der Waals surface area (Å²) in [5.74, 6) is -0.567. The Hall–Kier alpha value is -3.32. The fourth-order valence-corrected chi connectivity index (χ4v) is 3.16. The Labute approximate surface area is 228 Å². The number of esters is 1. The zero-order valence-corrected chi connectivity index (χ0v) is 21.9. The van der Waals surface area contributed by atoms with E-state index in [2.05, 4.69) is 13.2 Å². The largest absolute Gasteiger partial charge is 0.499 e. The van der Waals surface area contributed by atoms with E-state index in [0.29, 0.717) is 5.56 Å². The number of aliphatic hydroxyl groups is 3. The van der Waals surface area contributed by atoms with Crippen molar-refractivity contribution in [1.29, 1.82) is 0 Å². The number of pyridine rings is 1.